The van der Waals surface area contributed by atoms with Gasteiger partial charge in [-0.05, 0) is 24.6 Å². The molecule has 0 heterocycles. The van der Waals surface area contributed by atoms with Crippen LogP contribution in [0.25, 0.3) is 0 Å². The van der Waals surface area contributed by atoms with Crippen LogP contribution in [0, 0.1) is 0 Å². The normalized spacial score (nSPS) is 12.0. The van der Waals surface area contributed by atoms with Crippen molar-refractivity contribution in [3.63, 3.8) is 0 Å². The third-order valence-electron chi connectivity index (χ3n) is 2.59. The van der Waals surface area contributed by atoms with Crippen LogP contribution in [0.2, 0.25) is 0 Å². The number of nitrogens with one attached hydrogen (secondary N) is 1. The number of halogens is 1. The van der Waals surface area contributed by atoms with Gasteiger partial charge in [-0.15, -0.1) is 0 Å². The molecule has 6 heteroatoms. The number of hydrogen-bond acceptors (Lipinski definition) is 4. The predicted molar refractivity (Wildman–Crippen MR) is 75.5 cm³/mol. The van der Waals surface area contributed by atoms with E-state index in [1.54, 1.807) is 25.3 Å². The number of rotatable bonds is 7. The minimum Gasteiger partial charge on any atom is -0.496 e. The Balaban J connectivity index is 2.81. The van der Waals surface area contributed by atoms with Crippen molar-refractivity contribution in [2.45, 2.75) is 12.5 Å². The van der Waals surface area contributed by atoms with E-state index in [1.165, 1.54) is 7.11 Å². The van der Waals surface area contributed by atoms with E-state index in [-0.39, 0.29) is 18.6 Å². The maximum Gasteiger partial charge on any atom is 0.255 e. The first kappa shape index (κ1) is 15.9. The van der Waals surface area contributed by atoms with Crippen molar-refractivity contribution in [2.24, 2.45) is 0 Å². The second-order valence-electron chi connectivity index (χ2n) is 3.98. The molecule has 0 aliphatic rings. The largest absolute Gasteiger partial charge is 0.496 e. The van der Waals surface area contributed by atoms with Crippen LogP contribution in [0.1, 0.15) is 16.8 Å². The second-order valence-corrected chi connectivity index (χ2v) is 4.90. The average Bonchev–Trinajstić information content (AvgIpc) is 2.38. The van der Waals surface area contributed by atoms with Crippen LogP contribution >= 0.6 is 15.9 Å². The molecule has 0 bridgehead atoms. The SMILES string of the molecule is COCC(CCO)NC(=O)c1ccc(Br)cc1OC. The summed E-state index contributed by atoms with van der Waals surface area (Å²) < 4.78 is 11.0. The van der Waals surface area contributed by atoms with Crippen LogP contribution in [-0.4, -0.2) is 44.5 Å². The quantitative estimate of drug-likeness (QED) is 0.796. The molecule has 5 nitrogen and oxygen atoms in total. The van der Waals surface area contributed by atoms with Crippen LogP contribution in [0.15, 0.2) is 22.7 Å². The third kappa shape index (κ3) is 4.81. The lowest BCUT2D eigenvalue weighted by Gasteiger charge is -2.17. The van der Waals surface area contributed by atoms with Crippen LogP contribution in [0.5, 0.6) is 5.75 Å². The molecule has 1 amide bonds. The number of carbonyl (C=O) groups is 1. The highest BCUT2D eigenvalue weighted by molar-refractivity contribution is 9.10. The van der Waals surface area contributed by atoms with E-state index < -0.39 is 0 Å². The zero-order valence-corrected chi connectivity index (χ0v) is 12.6. The summed E-state index contributed by atoms with van der Waals surface area (Å²) in [7, 11) is 3.07. The number of ether oxygens (including phenoxy) is 2. The van der Waals surface area contributed by atoms with Gasteiger partial charge >= 0.3 is 0 Å². The summed E-state index contributed by atoms with van der Waals surface area (Å²) in [6.45, 7) is 0.344. The van der Waals surface area contributed by atoms with E-state index in [1.807, 2.05) is 0 Å². The molecule has 0 fully saturated rings. The number of amides is 1. The summed E-state index contributed by atoms with van der Waals surface area (Å²) in [5.74, 6) is 0.242. The van der Waals surface area contributed by atoms with Crippen LogP contribution in [0.3, 0.4) is 0 Å². The summed E-state index contributed by atoms with van der Waals surface area (Å²) in [5, 5.41) is 11.8. The molecule has 0 saturated heterocycles. The van der Waals surface area contributed by atoms with Crippen LogP contribution < -0.4 is 10.1 Å². The highest BCUT2D eigenvalue weighted by Gasteiger charge is 2.17. The number of aliphatic hydroxyl groups is 1. The first-order valence-corrected chi connectivity index (χ1v) is 6.65. The van der Waals surface area contributed by atoms with Gasteiger partial charge in [-0.25, -0.2) is 0 Å². The molecule has 0 radical (unpaired) electrons. The minimum absolute atomic E-state index is 0.00816. The smallest absolute Gasteiger partial charge is 0.255 e. The molecule has 1 atom stereocenters. The van der Waals surface area contributed by atoms with Crippen molar-refractivity contribution < 1.29 is 19.4 Å². The maximum absolute atomic E-state index is 12.2. The van der Waals surface area contributed by atoms with E-state index in [4.69, 9.17) is 14.6 Å². The Labute approximate surface area is 121 Å². The highest BCUT2D eigenvalue weighted by Crippen LogP contribution is 2.23. The first-order chi connectivity index (χ1) is 9.12. The van der Waals surface area contributed by atoms with Gasteiger partial charge in [0, 0.05) is 18.2 Å². The van der Waals surface area contributed by atoms with Gasteiger partial charge in [-0.2, -0.15) is 0 Å². The molecule has 0 aliphatic heterocycles. The van der Waals surface area contributed by atoms with E-state index in [2.05, 4.69) is 21.2 Å². The summed E-state index contributed by atoms with van der Waals surface area (Å²) in [6.07, 6.45) is 0.443. The Hall–Kier alpha value is -1.11. The minimum atomic E-state index is -0.250. The molecule has 1 aromatic rings. The molecule has 19 heavy (non-hydrogen) atoms. The predicted octanol–water partition coefficient (Wildman–Crippen LogP) is 1.58. The number of hydrogen-bond donors (Lipinski definition) is 2. The first-order valence-electron chi connectivity index (χ1n) is 5.86. The summed E-state index contributed by atoms with van der Waals surface area (Å²) in [4.78, 5) is 12.2. The number of carbonyl (C=O) groups excluding carboxylic acids is 1. The van der Waals surface area contributed by atoms with Crippen molar-refractivity contribution in [1.29, 1.82) is 0 Å². The molecule has 1 rings (SSSR count). The van der Waals surface area contributed by atoms with Crippen LogP contribution in [-0.2, 0) is 4.74 Å². The van der Waals surface area contributed by atoms with Crippen molar-refractivity contribution in [1.82, 2.24) is 5.32 Å². The lowest BCUT2D eigenvalue weighted by Crippen LogP contribution is -2.38. The fourth-order valence-electron chi connectivity index (χ4n) is 1.67. The van der Waals surface area contributed by atoms with Gasteiger partial charge < -0.3 is 19.9 Å². The Kier molecular flexibility index (Phi) is 6.83. The third-order valence-corrected chi connectivity index (χ3v) is 3.08. The second kappa shape index (κ2) is 8.14. The molecule has 1 unspecified atom stereocenters. The van der Waals surface area contributed by atoms with E-state index >= 15 is 0 Å². The molecule has 106 valence electrons. The molecular weight excluding hydrogens is 314 g/mol. The lowest BCUT2D eigenvalue weighted by atomic mass is 10.1. The Morgan fingerprint density at radius 1 is 1.47 bits per heavy atom. The zero-order chi connectivity index (χ0) is 14.3. The monoisotopic (exact) mass is 331 g/mol. The molecule has 0 aliphatic carbocycles. The van der Waals surface area contributed by atoms with E-state index in [0.717, 1.165) is 4.47 Å². The van der Waals surface area contributed by atoms with Crippen molar-refractivity contribution in [3.05, 3.63) is 28.2 Å². The van der Waals surface area contributed by atoms with Crippen LogP contribution in [0.4, 0.5) is 0 Å². The Morgan fingerprint density at radius 3 is 2.79 bits per heavy atom. The highest BCUT2D eigenvalue weighted by atomic mass is 79.9. The topological polar surface area (TPSA) is 67.8 Å². The van der Waals surface area contributed by atoms with E-state index in [0.29, 0.717) is 24.3 Å². The van der Waals surface area contributed by atoms with Gasteiger partial charge in [0.2, 0.25) is 0 Å². The fraction of sp³-hybridized carbons (Fsp3) is 0.462. The molecule has 0 saturated carbocycles. The summed E-state index contributed by atoms with van der Waals surface area (Å²) in [5.41, 5.74) is 0.449. The van der Waals surface area contributed by atoms with Gasteiger partial charge in [0.05, 0.1) is 25.3 Å². The van der Waals surface area contributed by atoms with Crippen molar-refractivity contribution in [2.75, 3.05) is 27.4 Å². The average molecular weight is 332 g/mol. The molecular formula is C13H18BrNO4. The van der Waals surface area contributed by atoms with Gasteiger partial charge in [-0.3, -0.25) is 4.79 Å². The van der Waals surface area contributed by atoms with Crippen molar-refractivity contribution >= 4 is 21.8 Å². The van der Waals surface area contributed by atoms with E-state index in [9.17, 15) is 4.79 Å². The molecule has 1 aromatic carbocycles. The number of methoxy groups -OCH3 is 2. The number of benzene rings is 1. The maximum atomic E-state index is 12.2. The molecule has 2 N–H and O–H groups in total. The van der Waals surface area contributed by atoms with Crippen molar-refractivity contribution in [3.8, 4) is 5.75 Å². The standard InChI is InChI=1S/C13H18BrNO4/c1-18-8-10(5-6-16)15-13(17)11-4-3-9(14)7-12(11)19-2/h3-4,7,10,16H,5-6,8H2,1-2H3,(H,15,17). The lowest BCUT2D eigenvalue weighted by molar-refractivity contribution is 0.0876. The van der Waals surface area contributed by atoms with Gasteiger partial charge in [-0.1, -0.05) is 15.9 Å². The summed E-state index contributed by atoms with van der Waals surface area (Å²) in [6, 6.07) is 4.96. The Bertz CT molecular complexity index is 419. The van der Waals surface area contributed by atoms with Gasteiger partial charge in [0.1, 0.15) is 5.75 Å². The number of aliphatic hydroxyl groups excluding tert-OH is 1. The summed E-state index contributed by atoms with van der Waals surface area (Å²) >= 11 is 3.32. The van der Waals surface area contributed by atoms with Gasteiger partial charge in [0.15, 0.2) is 0 Å². The molecule has 0 spiro atoms. The Morgan fingerprint density at radius 2 is 2.21 bits per heavy atom. The zero-order valence-electron chi connectivity index (χ0n) is 11.0. The van der Waals surface area contributed by atoms with Gasteiger partial charge in [0.25, 0.3) is 5.91 Å². The fourth-order valence-corrected chi connectivity index (χ4v) is 2.01. The molecule has 0 aromatic heterocycles.